The molecule has 0 radical (unpaired) electrons. The lowest BCUT2D eigenvalue weighted by Crippen LogP contribution is -2.40. The van der Waals surface area contributed by atoms with Crippen LogP contribution in [0.4, 0.5) is 4.79 Å². The highest BCUT2D eigenvalue weighted by molar-refractivity contribution is 6.02. The topological polar surface area (TPSA) is 125 Å². The van der Waals surface area contributed by atoms with E-state index in [1.54, 1.807) is 0 Å². The van der Waals surface area contributed by atoms with Gasteiger partial charge in [-0.25, -0.2) is 9.59 Å². The molecule has 8 nitrogen and oxygen atoms in total. The molecule has 0 unspecified atom stereocenters. The lowest BCUT2D eigenvalue weighted by atomic mass is 10.4. The van der Waals surface area contributed by atoms with Crippen LogP contribution in [-0.4, -0.2) is 41.5 Å². The first kappa shape index (κ1) is 14.7. The summed E-state index contributed by atoms with van der Waals surface area (Å²) in [5.74, 6) is -2.28. The van der Waals surface area contributed by atoms with E-state index in [2.05, 4.69) is 10.6 Å². The highest BCUT2D eigenvalue weighted by atomic mass is 16.4. The average molecular weight is 269 g/mol. The third-order valence-electron chi connectivity index (χ3n) is 2.19. The SMILES string of the molecule is O=C(O)C=CC(=O)NC(=O)NCCC(=O)NC1CC1. The van der Waals surface area contributed by atoms with Crippen molar-refractivity contribution < 1.29 is 24.3 Å². The Balaban J connectivity index is 2.11. The molecule has 4 N–H and O–H groups in total. The molecular weight excluding hydrogens is 254 g/mol. The molecule has 104 valence electrons. The monoisotopic (exact) mass is 269 g/mol. The van der Waals surface area contributed by atoms with Gasteiger partial charge in [0.15, 0.2) is 0 Å². The molecule has 1 saturated carbocycles. The van der Waals surface area contributed by atoms with Crippen LogP contribution in [0.25, 0.3) is 0 Å². The zero-order chi connectivity index (χ0) is 14.3. The van der Waals surface area contributed by atoms with Gasteiger partial charge >= 0.3 is 12.0 Å². The van der Waals surface area contributed by atoms with Crippen LogP contribution in [0.5, 0.6) is 0 Å². The lowest BCUT2D eigenvalue weighted by molar-refractivity contribution is -0.131. The molecule has 1 aliphatic carbocycles. The van der Waals surface area contributed by atoms with Gasteiger partial charge in [0.2, 0.25) is 5.91 Å². The van der Waals surface area contributed by atoms with E-state index in [4.69, 9.17) is 5.11 Å². The van der Waals surface area contributed by atoms with Crippen LogP contribution in [0, 0.1) is 0 Å². The maximum absolute atomic E-state index is 11.2. The minimum absolute atomic E-state index is 0.0975. The second-order valence-corrected chi connectivity index (χ2v) is 4.01. The number of carbonyl (C=O) groups excluding carboxylic acids is 3. The van der Waals surface area contributed by atoms with Crippen molar-refractivity contribution >= 4 is 23.8 Å². The van der Waals surface area contributed by atoms with E-state index in [1.165, 1.54) is 0 Å². The van der Waals surface area contributed by atoms with Crippen LogP contribution in [0.3, 0.4) is 0 Å². The predicted octanol–water partition coefficient (Wildman–Crippen LogP) is -0.878. The first-order valence-electron chi connectivity index (χ1n) is 5.76. The Hall–Kier alpha value is -2.38. The first-order valence-corrected chi connectivity index (χ1v) is 5.76. The van der Waals surface area contributed by atoms with Gasteiger partial charge in [-0.2, -0.15) is 0 Å². The fraction of sp³-hybridized carbons (Fsp3) is 0.455. The Morgan fingerprint density at radius 1 is 1.16 bits per heavy atom. The molecule has 0 aromatic heterocycles. The van der Waals surface area contributed by atoms with Crippen molar-refractivity contribution in [3.8, 4) is 0 Å². The van der Waals surface area contributed by atoms with E-state index in [1.807, 2.05) is 5.32 Å². The largest absolute Gasteiger partial charge is 0.478 e. The van der Waals surface area contributed by atoms with Gasteiger partial charge in [0, 0.05) is 31.2 Å². The van der Waals surface area contributed by atoms with Crippen molar-refractivity contribution in [2.45, 2.75) is 25.3 Å². The normalized spacial score (nSPS) is 13.9. The Morgan fingerprint density at radius 3 is 2.42 bits per heavy atom. The molecule has 0 aliphatic heterocycles. The second kappa shape index (κ2) is 7.14. The number of carbonyl (C=O) groups is 4. The number of carboxylic acid groups (broad SMARTS) is 1. The number of urea groups is 1. The summed E-state index contributed by atoms with van der Waals surface area (Å²) in [5.41, 5.74) is 0. The van der Waals surface area contributed by atoms with E-state index in [0.29, 0.717) is 6.08 Å². The number of hydrogen-bond acceptors (Lipinski definition) is 4. The first-order chi connectivity index (χ1) is 8.97. The number of rotatable bonds is 6. The van der Waals surface area contributed by atoms with Crippen molar-refractivity contribution in [1.82, 2.24) is 16.0 Å². The van der Waals surface area contributed by atoms with E-state index in [0.717, 1.165) is 18.9 Å². The molecule has 1 aliphatic rings. The molecule has 0 saturated heterocycles. The van der Waals surface area contributed by atoms with Crippen LogP contribution < -0.4 is 16.0 Å². The minimum Gasteiger partial charge on any atom is -0.478 e. The van der Waals surface area contributed by atoms with Gasteiger partial charge in [0.25, 0.3) is 5.91 Å². The lowest BCUT2D eigenvalue weighted by Gasteiger charge is -2.05. The second-order valence-electron chi connectivity index (χ2n) is 4.01. The Bertz CT molecular complexity index is 415. The molecule has 0 aromatic rings. The van der Waals surface area contributed by atoms with E-state index >= 15 is 0 Å². The molecule has 0 aromatic carbocycles. The summed E-state index contributed by atoms with van der Waals surface area (Å²) in [7, 11) is 0. The Morgan fingerprint density at radius 2 is 1.84 bits per heavy atom. The van der Waals surface area contributed by atoms with Gasteiger partial charge in [-0.05, 0) is 12.8 Å². The average Bonchev–Trinajstić information content (AvgIpc) is 3.10. The van der Waals surface area contributed by atoms with Crippen LogP contribution in [0.15, 0.2) is 12.2 Å². The maximum Gasteiger partial charge on any atom is 0.328 e. The maximum atomic E-state index is 11.2. The molecule has 1 rings (SSSR count). The molecule has 0 bridgehead atoms. The summed E-state index contributed by atoms with van der Waals surface area (Å²) in [4.78, 5) is 43.5. The van der Waals surface area contributed by atoms with Crippen LogP contribution in [0.2, 0.25) is 0 Å². The fourth-order valence-corrected chi connectivity index (χ4v) is 1.16. The molecule has 8 heteroatoms. The summed E-state index contributed by atoms with van der Waals surface area (Å²) in [6, 6.07) is -0.511. The zero-order valence-corrected chi connectivity index (χ0v) is 10.1. The molecule has 19 heavy (non-hydrogen) atoms. The predicted molar refractivity (Wildman–Crippen MR) is 64.1 cm³/mol. The van der Waals surface area contributed by atoms with Gasteiger partial charge in [-0.15, -0.1) is 0 Å². The number of carboxylic acids is 1. The summed E-state index contributed by atoms with van der Waals surface area (Å²) in [6.45, 7) is 0.0975. The van der Waals surface area contributed by atoms with E-state index in [9.17, 15) is 19.2 Å². The van der Waals surface area contributed by atoms with Gasteiger partial charge in [-0.3, -0.25) is 14.9 Å². The van der Waals surface area contributed by atoms with Gasteiger partial charge < -0.3 is 15.7 Å². The number of aliphatic carboxylic acids is 1. The van der Waals surface area contributed by atoms with Crippen molar-refractivity contribution in [1.29, 1.82) is 0 Å². The number of imide groups is 1. The quantitative estimate of drug-likeness (QED) is 0.466. The Labute approximate surface area is 109 Å². The van der Waals surface area contributed by atoms with Crippen molar-refractivity contribution in [3.63, 3.8) is 0 Å². The summed E-state index contributed by atoms with van der Waals surface area (Å²) in [5, 5.41) is 15.2. The number of nitrogens with one attached hydrogen (secondary N) is 3. The van der Waals surface area contributed by atoms with E-state index < -0.39 is 17.9 Å². The third-order valence-corrected chi connectivity index (χ3v) is 2.19. The molecule has 0 atom stereocenters. The number of amides is 4. The fourth-order valence-electron chi connectivity index (χ4n) is 1.16. The molecule has 0 heterocycles. The standard InChI is InChI=1S/C11H15N3O5/c15-8(3-4-10(17)18)14-11(19)12-6-5-9(16)13-7-1-2-7/h3-4,7H,1-2,5-6H2,(H,13,16)(H,17,18)(H2,12,14,15,19). The van der Waals surface area contributed by atoms with Crippen LogP contribution in [-0.2, 0) is 14.4 Å². The van der Waals surface area contributed by atoms with Crippen molar-refractivity contribution in [2.75, 3.05) is 6.54 Å². The number of hydrogen-bond donors (Lipinski definition) is 4. The smallest absolute Gasteiger partial charge is 0.328 e. The summed E-state index contributed by atoms with van der Waals surface area (Å²) in [6.07, 6.45) is 3.45. The van der Waals surface area contributed by atoms with Crippen molar-refractivity contribution in [2.24, 2.45) is 0 Å². The molecule has 4 amide bonds. The molecule has 0 spiro atoms. The zero-order valence-electron chi connectivity index (χ0n) is 10.1. The molecule has 1 fully saturated rings. The minimum atomic E-state index is -1.28. The van der Waals surface area contributed by atoms with Gasteiger partial charge in [0.1, 0.15) is 0 Å². The van der Waals surface area contributed by atoms with Crippen molar-refractivity contribution in [3.05, 3.63) is 12.2 Å². The highest BCUT2D eigenvalue weighted by Gasteiger charge is 2.22. The summed E-state index contributed by atoms with van der Waals surface area (Å²) >= 11 is 0. The van der Waals surface area contributed by atoms with Gasteiger partial charge in [0.05, 0.1) is 0 Å². The van der Waals surface area contributed by atoms with E-state index in [-0.39, 0.29) is 24.9 Å². The highest BCUT2D eigenvalue weighted by Crippen LogP contribution is 2.18. The summed E-state index contributed by atoms with van der Waals surface area (Å²) < 4.78 is 0. The Kier molecular flexibility index (Phi) is 5.52. The van der Waals surface area contributed by atoms with Crippen LogP contribution >= 0.6 is 0 Å². The van der Waals surface area contributed by atoms with Crippen LogP contribution in [0.1, 0.15) is 19.3 Å². The third kappa shape index (κ3) is 7.53. The van der Waals surface area contributed by atoms with Gasteiger partial charge in [-0.1, -0.05) is 0 Å². The molecular formula is C11H15N3O5.